The fourth-order valence-corrected chi connectivity index (χ4v) is 4.01. The van der Waals surface area contributed by atoms with Gasteiger partial charge in [0.2, 0.25) is 0 Å². The molecule has 0 saturated carbocycles. The van der Waals surface area contributed by atoms with E-state index in [0.29, 0.717) is 19.6 Å². The Morgan fingerprint density at radius 1 is 1.03 bits per heavy atom. The molecule has 3 N–H and O–H groups in total. The minimum Gasteiger partial charge on any atom is -0.490 e. The smallest absolute Gasteiger partial charge is 0.414 e. The number of carboxylic acids is 2. The Morgan fingerprint density at radius 3 is 2.29 bits per heavy atom. The maximum atomic E-state index is 12.8. The number of anilines is 1. The molecule has 2 aliphatic rings. The van der Waals surface area contributed by atoms with Crippen LogP contribution >= 0.6 is 0 Å². The first-order valence-corrected chi connectivity index (χ1v) is 11.8. The molecule has 0 bridgehead atoms. The minimum atomic E-state index is -1.08. The summed E-state index contributed by atoms with van der Waals surface area (Å²) in [5, 5.41) is 19.2. The highest BCUT2D eigenvalue weighted by Gasteiger charge is 2.28. The molecule has 2 heterocycles. The predicted octanol–water partition coefficient (Wildman–Crippen LogP) is 3.28. The number of nitrogens with one attached hydrogen (secondary N) is 1. The molecule has 4 rings (SSSR count). The van der Waals surface area contributed by atoms with Gasteiger partial charge in [-0.25, -0.2) is 4.79 Å². The topological polar surface area (TPSA) is 125 Å². The van der Waals surface area contributed by atoms with E-state index >= 15 is 0 Å². The van der Waals surface area contributed by atoms with E-state index in [2.05, 4.69) is 29.6 Å². The van der Waals surface area contributed by atoms with Gasteiger partial charge in [0, 0.05) is 6.42 Å². The summed E-state index contributed by atoms with van der Waals surface area (Å²) in [5.41, 5.74) is 4.60. The SMILES string of the molecule is CC(Cc1ccccc1)OC(=O)N1CCOc2cc3c(cc21)CCNCC3.O=C(O)CCC(=O)O. The third-order valence-electron chi connectivity index (χ3n) is 5.73. The van der Waals surface area contributed by atoms with Crippen molar-refractivity contribution in [3.05, 3.63) is 59.2 Å². The predicted molar refractivity (Wildman–Crippen MR) is 130 cm³/mol. The minimum absolute atomic E-state index is 0.184. The van der Waals surface area contributed by atoms with E-state index in [9.17, 15) is 14.4 Å². The molecule has 2 aromatic rings. The fraction of sp³-hybridized carbons (Fsp3) is 0.423. The van der Waals surface area contributed by atoms with Gasteiger partial charge < -0.3 is 25.0 Å². The van der Waals surface area contributed by atoms with Crippen LogP contribution in [0.15, 0.2) is 42.5 Å². The van der Waals surface area contributed by atoms with Crippen molar-refractivity contribution < 1.29 is 34.1 Å². The second-order valence-corrected chi connectivity index (χ2v) is 8.51. The summed E-state index contributed by atoms with van der Waals surface area (Å²) in [5.74, 6) is -1.37. The molecule has 35 heavy (non-hydrogen) atoms. The third kappa shape index (κ3) is 7.99. The van der Waals surface area contributed by atoms with Crippen molar-refractivity contribution in [1.82, 2.24) is 5.32 Å². The van der Waals surface area contributed by atoms with Gasteiger partial charge in [0.25, 0.3) is 0 Å². The number of carboxylic acid groups (broad SMARTS) is 2. The normalized spacial score (nSPS) is 15.2. The number of amides is 1. The highest BCUT2D eigenvalue weighted by molar-refractivity contribution is 5.90. The van der Waals surface area contributed by atoms with Crippen molar-refractivity contribution in [3.8, 4) is 5.75 Å². The lowest BCUT2D eigenvalue weighted by Gasteiger charge is -2.31. The van der Waals surface area contributed by atoms with E-state index in [1.54, 1.807) is 4.90 Å². The number of rotatable bonds is 6. The van der Waals surface area contributed by atoms with Gasteiger partial charge in [-0.2, -0.15) is 0 Å². The lowest BCUT2D eigenvalue weighted by atomic mass is 10.0. The zero-order chi connectivity index (χ0) is 25.2. The molecule has 9 nitrogen and oxygen atoms in total. The number of hydrogen-bond donors (Lipinski definition) is 3. The van der Waals surface area contributed by atoms with E-state index in [4.69, 9.17) is 19.7 Å². The lowest BCUT2D eigenvalue weighted by molar-refractivity contribution is -0.143. The molecule has 0 aromatic heterocycles. The number of aliphatic carboxylic acids is 2. The van der Waals surface area contributed by atoms with Crippen LogP contribution in [-0.2, 0) is 33.6 Å². The molecule has 9 heteroatoms. The fourth-order valence-electron chi connectivity index (χ4n) is 4.01. The van der Waals surface area contributed by atoms with E-state index < -0.39 is 11.9 Å². The average molecular weight is 485 g/mol. The highest BCUT2D eigenvalue weighted by Crippen LogP contribution is 2.36. The van der Waals surface area contributed by atoms with Gasteiger partial charge in [0.15, 0.2) is 0 Å². The van der Waals surface area contributed by atoms with Crippen LogP contribution in [0.4, 0.5) is 10.5 Å². The van der Waals surface area contributed by atoms with Crippen LogP contribution in [0.5, 0.6) is 5.75 Å². The molecule has 2 aliphatic heterocycles. The number of carbonyl (C=O) groups excluding carboxylic acids is 1. The van der Waals surface area contributed by atoms with Crippen LogP contribution in [0.3, 0.4) is 0 Å². The summed E-state index contributed by atoms with van der Waals surface area (Å²) in [4.78, 5) is 33.8. The van der Waals surface area contributed by atoms with Crippen LogP contribution in [0.2, 0.25) is 0 Å². The van der Waals surface area contributed by atoms with Gasteiger partial charge in [-0.1, -0.05) is 30.3 Å². The van der Waals surface area contributed by atoms with E-state index in [-0.39, 0.29) is 25.0 Å². The van der Waals surface area contributed by atoms with Crippen LogP contribution < -0.4 is 15.0 Å². The molecule has 188 valence electrons. The maximum absolute atomic E-state index is 12.8. The number of carbonyl (C=O) groups is 3. The molecule has 0 radical (unpaired) electrons. The summed E-state index contributed by atoms with van der Waals surface area (Å²) >= 11 is 0. The lowest BCUT2D eigenvalue weighted by Crippen LogP contribution is -2.40. The van der Waals surface area contributed by atoms with Crippen molar-refractivity contribution >= 4 is 23.7 Å². The molecule has 1 amide bonds. The van der Waals surface area contributed by atoms with Gasteiger partial charge >= 0.3 is 18.0 Å². The molecule has 1 atom stereocenters. The Morgan fingerprint density at radius 2 is 1.66 bits per heavy atom. The number of nitrogens with zero attached hydrogens (tertiary/aromatic N) is 1. The third-order valence-corrected chi connectivity index (χ3v) is 5.73. The number of ether oxygens (including phenoxy) is 2. The quantitative estimate of drug-likeness (QED) is 0.570. The molecule has 0 saturated heterocycles. The van der Waals surface area contributed by atoms with Crippen LogP contribution in [0.1, 0.15) is 36.5 Å². The number of fused-ring (bicyclic) bond motifs is 2. The Bertz CT molecular complexity index is 1010. The monoisotopic (exact) mass is 484 g/mol. The first-order valence-electron chi connectivity index (χ1n) is 11.8. The van der Waals surface area contributed by atoms with Crippen molar-refractivity contribution in [2.45, 2.75) is 45.1 Å². The second kappa shape index (κ2) is 12.8. The van der Waals surface area contributed by atoms with E-state index in [0.717, 1.165) is 42.9 Å². The Hall–Kier alpha value is -3.59. The van der Waals surface area contributed by atoms with E-state index in [1.807, 2.05) is 25.1 Å². The first-order chi connectivity index (χ1) is 16.8. The van der Waals surface area contributed by atoms with Crippen molar-refractivity contribution in [3.63, 3.8) is 0 Å². The number of benzene rings is 2. The summed E-state index contributed by atoms with van der Waals surface area (Å²) in [6.07, 6.45) is 1.59. The van der Waals surface area contributed by atoms with Crippen LogP contribution in [0, 0.1) is 0 Å². The highest BCUT2D eigenvalue weighted by atomic mass is 16.6. The Labute approximate surface area is 204 Å². The molecule has 0 spiro atoms. The molecule has 0 fully saturated rings. The Balaban J connectivity index is 0.000000371. The first kappa shape index (κ1) is 26.0. The largest absolute Gasteiger partial charge is 0.490 e. The van der Waals surface area contributed by atoms with Gasteiger partial charge in [-0.3, -0.25) is 14.5 Å². The zero-order valence-electron chi connectivity index (χ0n) is 19.9. The van der Waals surface area contributed by atoms with Gasteiger partial charge in [-0.15, -0.1) is 0 Å². The van der Waals surface area contributed by atoms with Gasteiger partial charge in [0.05, 0.1) is 25.1 Å². The summed E-state index contributed by atoms with van der Waals surface area (Å²) < 4.78 is 11.6. The number of hydrogen-bond acceptors (Lipinski definition) is 6. The van der Waals surface area contributed by atoms with Gasteiger partial charge in [-0.05, 0) is 61.7 Å². The van der Waals surface area contributed by atoms with Crippen molar-refractivity contribution in [1.29, 1.82) is 0 Å². The summed E-state index contributed by atoms with van der Waals surface area (Å²) in [6, 6.07) is 14.3. The summed E-state index contributed by atoms with van der Waals surface area (Å²) in [7, 11) is 0. The van der Waals surface area contributed by atoms with Crippen LogP contribution in [0.25, 0.3) is 0 Å². The van der Waals surface area contributed by atoms with Crippen molar-refractivity contribution in [2.75, 3.05) is 31.1 Å². The second-order valence-electron chi connectivity index (χ2n) is 8.51. The molecular weight excluding hydrogens is 452 g/mol. The van der Waals surface area contributed by atoms with E-state index in [1.165, 1.54) is 11.1 Å². The average Bonchev–Trinajstić information content (AvgIpc) is 3.06. The zero-order valence-corrected chi connectivity index (χ0v) is 19.9. The summed E-state index contributed by atoms with van der Waals surface area (Å²) in [6.45, 7) is 4.89. The molecular formula is C26H32N2O7. The maximum Gasteiger partial charge on any atom is 0.414 e. The van der Waals surface area contributed by atoms with Gasteiger partial charge in [0.1, 0.15) is 18.5 Å². The molecule has 1 unspecified atom stereocenters. The van der Waals surface area contributed by atoms with Crippen molar-refractivity contribution in [2.24, 2.45) is 0 Å². The standard InChI is InChI=1S/C22H26N2O3.C4H6O4/c1-16(13-17-5-3-2-4-6-17)27-22(25)24-11-12-26-21-15-19-8-10-23-9-7-18(19)14-20(21)24;5-3(6)1-2-4(7)8/h2-6,14-16,23H,7-13H2,1H3;1-2H2,(H,5,6)(H,7,8). The van der Waals surface area contributed by atoms with Crippen LogP contribution in [-0.4, -0.2) is 60.6 Å². The molecule has 0 aliphatic carbocycles. The molecule has 2 aromatic carbocycles. The Kier molecular flexibility index (Phi) is 9.48.